The second-order valence-electron chi connectivity index (χ2n) is 14.6. The summed E-state index contributed by atoms with van der Waals surface area (Å²) in [6.45, 7) is 10.2. The molecule has 0 saturated carbocycles. The van der Waals surface area contributed by atoms with Crippen molar-refractivity contribution >= 4 is 79.4 Å². The molecule has 0 N–H and O–H groups in total. The van der Waals surface area contributed by atoms with Crippen LogP contribution in [-0.2, 0) is 9.59 Å². The Balaban J connectivity index is 1.60. The average Bonchev–Trinajstić information content (AvgIpc) is 3.98. The lowest BCUT2D eigenvalue weighted by Gasteiger charge is -2.29. The normalized spacial score (nSPS) is 15.8. The summed E-state index contributed by atoms with van der Waals surface area (Å²) in [5.41, 5.74) is 2.75. The van der Waals surface area contributed by atoms with Gasteiger partial charge in [0.05, 0.1) is 41.0 Å². The second-order valence-corrected chi connectivity index (χ2v) is 19.2. The average molecular weight is 826 g/mol. The molecule has 0 spiro atoms. The van der Waals surface area contributed by atoms with E-state index in [0.717, 1.165) is 98.8 Å². The zero-order valence-corrected chi connectivity index (χ0v) is 35.7. The molecule has 3 aromatic rings. The van der Waals surface area contributed by atoms with Crippen LogP contribution < -0.4 is 0 Å². The Hall–Kier alpha value is -2.33. The molecule has 5 heterocycles. The number of rotatable bonds is 24. The molecule has 5 nitrogen and oxygen atoms in total. The van der Waals surface area contributed by atoms with E-state index < -0.39 is 0 Å². The van der Waals surface area contributed by atoms with Gasteiger partial charge in [-0.2, -0.15) is 0 Å². The van der Waals surface area contributed by atoms with E-state index in [2.05, 4.69) is 61.8 Å². The summed E-state index contributed by atoms with van der Waals surface area (Å²) in [5, 5.41) is 0. The quantitative estimate of drug-likeness (QED) is 0.0668. The topological polar surface area (TPSA) is 57.7 Å². The number of thiophene rings is 3. The van der Waals surface area contributed by atoms with E-state index >= 15 is 9.59 Å². The van der Waals surface area contributed by atoms with Crippen molar-refractivity contribution in [2.45, 2.75) is 130 Å². The highest BCUT2D eigenvalue weighted by atomic mass is 79.9. The van der Waals surface area contributed by atoms with Crippen LogP contribution in [0.4, 0.5) is 0 Å². The minimum atomic E-state index is -0.0298. The van der Waals surface area contributed by atoms with Crippen LogP contribution in [-0.4, -0.2) is 41.0 Å². The van der Waals surface area contributed by atoms with Gasteiger partial charge in [0.1, 0.15) is 0 Å². The van der Waals surface area contributed by atoms with Crippen molar-refractivity contribution in [1.82, 2.24) is 9.80 Å². The highest BCUT2D eigenvalue weighted by Gasteiger charge is 2.50. The first-order valence-corrected chi connectivity index (χ1v) is 23.1. The predicted molar refractivity (Wildman–Crippen MR) is 226 cm³/mol. The SMILES string of the molecule is CCCCCCC(CCCC)CN1C(=O)C2=C(c3ccc(-c4ccc(C=O)s4)s3)N(CC(CCCC)CCCCCC)C(=O)C2=C1c1ccc(Br)s1. The minimum absolute atomic E-state index is 0.0298. The van der Waals surface area contributed by atoms with Crippen molar-refractivity contribution in [3.05, 3.63) is 66.0 Å². The van der Waals surface area contributed by atoms with Crippen LogP contribution in [0.2, 0.25) is 0 Å². The molecule has 5 rings (SSSR count). The predicted octanol–water partition coefficient (Wildman–Crippen LogP) is 13.5. The maximum absolute atomic E-state index is 15.1. The molecule has 2 unspecified atom stereocenters. The summed E-state index contributed by atoms with van der Waals surface area (Å²) in [5.74, 6) is 0.694. The largest absolute Gasteiger partial charge is 0.306 e. The number of amides is 2. The molecule has 2 amide bonds. The fourth-order valence-corrected chi connectivity index (χ4v) is 11.1. The highest BCUT2D eigenvalue weighted by molar-refractivity contribution is 9.11. The number of halogens is 1. The molecule has 9 heteroatoms. The lowest BCUT2D eigenvalue weighted by atomic mass is 9.94. The van der Waals surface area contributed by atoms with Crippen molar-refractivity contribution < 1.29 is 14.4 Å². The number of nitrogens with zero attached hydrogens (tertiary/aromatic N) is 2. The Morgan fingerprint density at radius 2 is 1.00 bits per heavy atom. The van der Waals surface area contributed by atoms with Crippen LogP contribution >= 0.6 is 49.9 Å². The molecule has 0 saturated heterocycles. The zero-order chi connectivity index (χ0) is 37.0. The number of carbonyl (C=O) groups is 3. The van der Waals surface area contributed by atoms with Gasteiger partial charge in [-0.1, -0.05) is 105 Å². The third kappa shape index (κ3) is 9.85. The van der Waals surface area contributed by atoms with Gasteiger partial charge in [0.15, 0.2) is 6.29 Å². The molecule has 52 heavy (non-hydrogen) atoms. The Bertz CT molecular complexity index is 1710. The summed E-state index contributed by atoms with van der Waals surface area (Å²) in [6, 6.07) is 12.1. The van der Waals surface area contributed by atoms with E-state index in [1.165, 1.54) is 56.3 Å². The fraction of sp³-hybridized carbons (Fsp3) is 0.558. The first kappa shape index (κ1) is 40.8. The molecule has 0 aromatic carbocycles. The van der Waals surface area contributed by atoms with Crippen molar-refractivity contribution in [2.24, 2.45) is 11.8 Å². The molecule has 0 fully saturated rings. The molecular weight excluding hydrogens is 769 g/mol. The van der Waals surface area contributed by atoms with Gasteiger partial charge in [0.25, 0.3) is 11.8 Å². The Kier molecular flexibility index (Phi) is 16.0. The maximum Gasteiger partial charge on any atom is 0.261 e. The van der Waals surface area contributed by atoms with Gasteiger partial charge in [0, 0.05) is 22.8 Å². The number of aldehydes is 1. The van der Waals surface area contributed by atoms with Crippen LogP contribution in [0.3, 0.4) is 0 Å². The van der Waals surface area contributed by atoms with E-state index in [9.17, 15) is 4.79 Å². The number of hydrogen-bond donors (Lipinski definition) is 0. The first-order valence-electron chi connectivity index (χ1n) is 19.9. The van der Waals surface area contributed by atoms with Crippen molar-refractivity contribution in [3.63, 3.8) is 0 Å². The molecule has 0 radical (unpaired) electrons. The van der Waals surface area contributed by atoms with E-state index in [4.69, 9.17) is 0 Å². The van der Waals surface area contributed by atoms with E-state index in [1.807, 2.05) is 28.0 Å². The Labute approximate surface area is 332 Å². The molecule has 2 atom stereocenters. The Morgan fingerprint density at radius 1 is 0.558 bits per heavy atom. The van der Waals surface area contributed by atoms with Gasteiger partial charge in [-0.05, 0) is 89.8 Å². The first-order chi connectivity index (χ1) is 25.3. The Morgan fingerprint density at radius 3 is 1.46 bits per heavy atom. The fourth-order valence-electron chi connectivity index (χ4n) is 7.72. The van der Waals surface area contributed by atoms with Crippen molar-refractivity contribution in [1.29, 1.82) is 0 Å². The van der Waals surface area contributed by atoms with Gasteiger partial charge < -0.3 is 9.80 Å². The third-order valence-electron chi connectivity index (χ3n) is 10.6. The van der Waals surface area contributed by atoms with E-state index in [0.29, 0.717) is 40.9 Å². The zero-order valence-electron chi connectivity index (χ0n) is 31.6. The summed E-state index contributed by atoms with van der Waals surface area (Å²) >= 11 is 8.39. The number of carbonyl (C=O) groups excluding carboxylic acids is 3. The van der Waals surface area contributed by atoms with Gasteiger partial charge in [-0.25, -0.2) is 0 Å². The molecule has 2 aliphatic heterocycles. The van der Waals surface area contributed by atoms with Crippen molar-refractivity contribution in [3.8, 4) is 9.75 Å². The van der Waals surface area contributed by atoms with Gasteiger partial charge in [0.2, 0.25) is 0 Å². The molecule has 0 bridgehead atoms. The molecule has 282 valence electrons. The standard InChI is InChI=1S/C43H57BrN2O3S3/c1-5-9-13-15-19-30(17-11-7-3)27-45-40(35-24-23-34(51-35)33-22-21-32(29-47)50-33)38-39(43(45)49)41(36-25-26-37(44)52-36)46(42(38)48)28-31(18-12-8-4)20-16-14-10-6-2/h21-26,29-31H,5-20,27-28H2,1-4H3. The number of unbranched alkanes of at least 4 members (excludes halogenated alkanes) is 8. The summed E-state index contributed by atoms with van der Waals surface area (Å²) in [6.07, 6.45) is 19.4. The summed E-state index contributed by atoms with van der Waals surface area (Å²) in [4.78, 5) is 50.3. The smallest absolute Gasteiger partial charge is 0.261 e. The van der Waals surface area contributed by atoms with Gasteiger partial charge >= 0.3 is 0 Å². The second kappa shape index (κ2) is 20.4. The van der Waals surface area contributed by atoms with Gasteiger partial charge in [-0.3, -0.25) is 14.4 Å². The van der Waals surface area contributed by atoms with Crippen LogP contribution in [0, 0.1) is 11.8 Å². The lowest BCUT2D eigenvalue weighted by molar-refractivity contribution is -0.124. The van der Waals surface area contributed by atoms with Crippen LogP contribution in [0.25, 0.3) is 21.1 Å². The van der Waals surface area contributed by atoms with Crippen LogP contribution in [0.15, 0.2) is 51.3 Å². The maximum atomic E-state index is 15.1. The van der Waals surface area contributed by atoms with E-state index in [1.54, 1.807) is 22.7 Å². The monoisotopic (exact) mass is 824 g/mol. The number of hydrogen-bond acceptors (Lipinski definition) is 6. The number of fused-ring (bicyclic) bond motifs is 1. The van der Waals surface area contributed by atoms with Crippen LogP contribution in [0.1, 0.15) is 150 Å². The lowest BCUT2D eigenvalue weighted by Crippen LogP contribution is -2.34. The molecular formula is C43H57BrN2O3S3. The van der Waals surface area contributed by atoms with Gasteiger partial charge in [-0.15, -0.1) is 34.0 Å². The minimum Gasteiger partial charge on any atom is -0.306 e. The summed E-state index contributed by atoms with van der Waals surface area (Å²) in [7, 11) is 0. The van der Waals surface area contributed by atoms with E-state index in [-0.39, 0.29) is 11.8 Å². The molecule has 3 aromatic heterocycles. The van der Waals surface area contributed by atoms with Crippen LogP contribution in [0.5, 0.6) is 0 Å². The third-order valence-corrected chi connectivity index (χ3v) is 14.5. The van der Waals surface area contributed by atoms with Crippen molar-refractivity contribution in [2.75, 3.05) is 13.1 Å². The highest BCUT2D eigenvalue weighted by Crippen LogP contribution is 2.50. The molecule has 2 aliphatic rings. The molecule has 0 aliphatic carbocycles. The summed E-state index contributed by atoms with van der Waals surface area (Å²) < 4.78 is 0.991.